The zero-order valence-corrected chi connectivity index (χ0v) is 13.9. The molecule has 5 nitrogen and oxygen atoms in total. The number of carbonyl (C=O) groups is 2. The van der Waals surface area contributed by atoms with Gasteiger partial charge in [0.2, 0.25) is 5.91 Å². The van der Waals surface area contributed by atoms with Crippen LogP contribution in [-0.2, 0) is 9.59 Å². The molecule has 2 N–H and O–H groups in total. The van der Waals surface area contributed by atoms with Crippen molar-refractivity contribution in [2.45, 2.75) is 51.1 Å². The van der Waals surface area contributed by atoms with E-state index in [0.717, 1.165) is 29.7 Å². The number of carbonyl (C=O) groups excluding carboxylic acids is 2. The van der Waals surface area contributed by atoms with Gasteiger partial charge in [0.05, 0.1) is 18.2 Å². The number of amides is 2. The van der Waals surface area contributed by atoms with Crippen molar-refractivity contribution in [1.29, 1.82) is 0 Å². The summed E-state index contributed by atoms with van der Waals surface area (Å²) in [5.41, 5.74) is 1.59. The number of anilines is 1. The molecule has 24 heavy (non-hydrogen) atoms. The average Bonchev–Trinajstić information content (AvgIpc) is 3.14. The first-order chi connectivity index (χ1) is 11.6. The molecular weight excluding hydrogens is 302 g/mol. The largest absolute Gasteiger partial charge is 0.361 e. The van der Waals surface area contributed by atoms with Crippen molar-refractivity contribution in [1.82, 2.24) is 10.3 Å². The Kier molecular flexibility index (Phi) is 3.88. The molecule has 2 fully saturated rings. The molecule has 5 heteroatoms. The molecule has 0 radical (unpaired) electrons. The highest BCUT2D eigenvalue weighted by atomic mass is 16.2. The number of H-pyrrole nitrogens is 1. The number of rotatable bonds is 3. The zero-order valence-electron chi connectivity index (χ0n) is 13.9. The SMILES string of the molecule is CC1CCC(NC2CC(=O)N(c3ccc4cc[nH]c4c3)C2=O)CC1. The van der Waals surface area contributed by atoms with Crippen LogP contribution in [0.15, 0.2) is 30.5 Å². The summed E-state index contributed by atoms with van der Waals surface area (Å²) in [5.74, 6) is 0.532. The van der Waals surface area contributed by atoms with Crippen LogP contribution in [0.4, 0.5) is 5.69 Å². The molecule has 126 valence electrons. The number of aromatic amines is 1. The van der Waals surface area contributed by atoms with Crippen LogP contribution >= 0.6 is 0 Å². The lowest BCUT2D eigenvalue weighted by molar-refractivity contribution is -0.121. The lowest BCUT2D eigenvalue weighted by Crippen LogP contribution is -2.45. The number of aromatic nitrogens is 1. The Morgan fingerprint density at radius 1 is 1.12 bits per heavy atom. The van der Waals surface area contributed by atoms with Crippen molar-refractivity contribution >= 4 is 28.4 Å². The molecule has 1 atom stereocenters. The van der Waals surface area contributed by atoms with E-state index in [1.165, 1.54) is 17.7 Å². The maximum absolute atomic E-state index is 12.8. The summed E-state index contributed by atoms with van der Waals surface area (Å²) in [4.78, 5) is 29.6. The molecule has 2 aromatic rings. The minimum absolute atomic E-state index is 0.118. The summed E-state index contributed by atoms with van der Waals surface area (Å²) in [6, 6.07) is 7.60. The number of nitrogens with one attached hydrogen (secondary N) is 2. The number of nitrogens with zero attached hydrogens (tertiary/aromatic N) is 1. The maximum atomic E-state index is 12.8. The molecule has 2 heterocycles. The molecule has 2 aliphatic rings. The van der Waals surface area contributed by atoms with Crippen LogP contribution in [0.2, 0.25) is 0 Å². The zero-order chi connectivity index (χ0) is 16.7. The van der Waals surface area contributed by atoms with E-state index in [1.54, 1.807) is 0 Å². The van der Waals surface area contributed by atoms with Crippen LogP contribution in [0, 0.1) is 5.92 Å². The third-order valence-electron chi connectivity index (χ3n) is 5.40. The lowest BCUT2D eigenvalue weighted by atomic mass is 9.87. The predicted octanol–water partition coefficient (Wildman–Crippen LogP) is 2.97. The van der Waals surface area contributed by atoms with Crippen LogP contribution in [-0.4, -0.2) is 28.9 Å². The van der Waals surface area contributed by atoms with E-state index in [0.29, 0.717) is 11.7 Å². The second-order valence-electron chi connectivity index (χ2n) is 7.20. The van der Waals surface area contributed by atoms with Gasteiger partial charge in [0.25, 0.3) is 5.91 Å². The van der Waals surface area contributed by atoms with Gasteiger partial charge in [-0.2, -0.15) is 0 Å². The van der Waals surface area contributed by atoms with Gasteiger partial charge < -0.3 is 10.3 Å². The number of fused-ring (bicyclic) bond motifs is 1. The normalized spacial score (nSPS) is 28.0. The Morgan fingerprint density at radius 2 is 1.92 bits per heavy atom. The van der Waals surface area contributed by atoms with Gasteiger partial charge in [-0.05, 0) is 55.2 Å². The third-order valence-corrected chi connectivity index (χ3v) is 5.40. The minimum atomic E-state index is -0.379. The quantitative estimate of drug-likeness (QED) is 0.853. The molecule has 1 aliphatic heterocycles. The molecule has 1 saturated carbocycles. The summed E-state index contributed by atoms with van der Waals surface area (Å²) < 4.78 is 0. The van der Waals surface area contributed by atoms with Gasteiger partial charge in [-0.15, -0.1) is 0 Å². The molecule has 0 bridgehead atoms. The first-order valence-corrected chi connectivity index (χ1v) is 8.82. The van der Waals surface area contributed by atoms with E-state index in [1.807, 2.05) is 30.5 Å². The Morgan fingerprint density at radius 3 is 2.71 bits per heavy atom. The van der Waals surface area contributed by atoms with Crippen LogP contribution in [0.25, 0.3) is 10.9 Å². The molecule has 1 unspecified atom stereocenters. The summed E-state index contributed by atoms with van der Waals surface area (Å²) in [6.07, 6.45) is 6.69. The Hall–Kier alpha value is -2.14. The van der Waals surface area contributed by atoms with Crippen LogP contribution in [0.1, 0.15) is 39.0 Å². The van der Waals surface area contributed by atoms with Gasteiger partial charge in [0.15, 0.2) is 0 Å². The van der Waals surface area contributed by atoms with Gasteiger partial charge in [-0.25, -0.2) is 4.90 Å². The molecule has 1 saturated heterocycles. The van der Waals surface area contributed by atoms with E-state index in [4.69, 9.17) is 0 Å². The third kappa shape index (κ3) is 2.73. The fourth-order valence-electron chi connectivity index (χ4n) is 3.92. The molecule has 4 rings (SSSR count). The average molecular weight is 325 g/mol. The Labute approximate surface area is 141 Å². The van der Waals surface area contributed by atoms with E-state index in [-0.39, 0.29) is 24.3 Å². The molecule has 1 aliphatic carbocycles. The summed E-state index contributed by atoms with van der Waals surface area (Å²) in [5, 5.41) is 4.50. The predicted molar refractivity (Wildman–Crippen MR) is 93.8 cm³/mol. The number of hydrogen-bond donors (Lipinski definition) is 2. The van der Waals surface area contributed by atoms with E-state index >= 15 is 0 Å². The highest BCUT2D eigenvalue weighted by Crippen LogP contribution is 2.28. The Bertz CT molecular complexity index is 774. The fourth-order valence-corrected chi connectivity index (χ4v) is 3.92. The number of hydrogen-bond acceptors (Lipinski definition) is 3. The van der Waals surface area contributed by atoms with Crippen molar-refractivity contribution in [3.05, 3.63) is 30.5 Å². The van der Waals surface area contributed by atoms with Gasteiger partial charge in [0.1, 0.15) is 0 Å². The molecular formula is C19H23N3O2. The second-order valence-corrected chi connectivity index (χ2v) is 7.20. The van der Waals surface area contributed by atoms with Crippen molar-refractivity contribution in [3.63, 3.8) is 0 Å². The van der Waals surface area contributed by atoms with Crippen LogP contribution in [0.3, 0.4) is 0 Å². The lowest BCUT2D eigenvalue weighted by Gasteiger charge is -2.28. The molecule has 1 aromatic heterocycles. The second kappa shape index (κ2) is 6.06. The number of benzene rings is 1. The van der Waals surface area contributed by atoms with Crippen LogP contribution in [0.5, 0.6) is 0 Å². The number of imide groups is 1. The van der Waals surface area contributed by atoms with Crippen molar-refractivity contribution in [2.24, 2.45) is 5.92 Å². The minimum Gasteiger partial charge on any atom is -0.361 e. The Balaban J connectivity index is 1.50. The fraction of sp³-hybridized carbons (Fsp3) is 0.474. The van der Waals surface area contributed by atoms with Gasteiger partial charge in [0, 0.05) is 17.8 Å². The standard InChI is InChI=1S/C19H23N3O2/c1-12-2-5-14(6-3-12)21-17-11-18(23)22(19(17)24)15-7-4-13-8-9-20-16(13)10-15/h4,7-10,12,14,17,20-21H,2-3,5-6,11H2,1H3. The molecule has 0 spiro atoms. The summed E-state index contributed by atoms with van der Waals surface area (Å²) in [6.45, 7) is 2.28. The first kappa shape index (κ1) is 15.4. The topological polar surface area (TPSA) is 65.2 Å². The highest BCUT2D eigenvalue weighted by Gasteiger charge is 2.40. The maximum Gasteiger partial charge on any atom is 0.251 e. The van der Waals surface area contributed by atoms with Gasteiger partial charge in [-0.3, -0.25) is 9.59 Å². The highest BCUT2D eigenvalue weighted by molar-refractivity contribution is 6.22. The summed E-state index contributed by atoms with van der Waals surface area (Å²) in [7, 11) is 0. The van der Waals surface area contributed by atoms with Crippen molar-refractivity contribution < 1.29 is 9.59 Å². The van der Waals surface area contributed by atoms with Gasteiger partial charge in [-0.1, -0.05) is 13.0 Å². The monoisotopic (exact) mass is 325 g/mol. The van der Waals surface area contributed by atoms with Crippen molar-refractivity contribution in [3.8, 4) is 0 Å². The van der Waals surface area contributed by atoms with E-state index < -0.39 is 0 Å². The summed E-state index contributed by atoms with van der Waals surface area (Å²) >= 11 is 0. The molecule has 2 amide bonds. The van der Waals surface area contributed by atoms with Gasteiger partial charge >= 0.3 is 0 Å². The van der Waals surface area contributed by atoms with E-state index in [2.05, 4.69) is 17.2 Å². The van der Waals surface area contributed by atoms with Crippen molar-refractivity contribution in [2.75, 3.05) is 4.90 Å². The smallest absolute Gasteiger partial charge is 0.251 e. The van der Waals surface area contributed by atoms with Crippen LogP contribution < -0.4 is 10.2 Å². The first-order valence-electron chi connectivity index (χ1n) is 8.82. The van der Waals surface area contributed by atoms with E-state index in [9.17, 15) is 9.59 Å². The molecule has 1 aromatic carbocycles.